The topological polar surface area (TPSA) is 50.4 Å². The largest absolute Gasteiger partial charge is 0.450 e. The zero-order chi connectivity index (χ0) is 10.3. The smallest absolute Gasteiger partial charge is 0.413 e. The van der Waals surface area contributed by atoms with Gasteiger partial charge in [0.2, 0.25) is 0 Å². The van der Waals surface area contributed by atoms with Crippen molar-refractivity contribution >= 4 is 23.4 Å². The van der Waals surface area contributed by atoms with Crippen molar-refractivity contribution in [3.8, 4) is 0 Å². The van der Waals surface area contributed by atoms with E-state index in [0.717, 1.165) is 6.54 Å². The summed E-state index contributed by atoms with van der Waals surface area (Å²) in [6.07, 6.45) is -0.510. The van der Waals surface area contributed by atoms with Gasteiger partial charge in [0.05, 0.1) is 6.61 Å². The number of rotatable bonds is 3. The average Bonchev–Trinajstić information content (AvgIpc) is 2.01. The van der Waals surface area contributed by atoms with Crippen LogP contribution in [-0.2, 0) is 4.74 Å². The van der Waals surface area contributed by atoms with Gasteiger partial charge in [-0.05, 0) is 25.1 Å². The van der Waals surface area contributed by atoms with Crippen LogP contribution >= 0.6 is 12.2 Å². The first-order valence-electron chi connectivity index (χ1n) is 4.27. The lowest BCUT2D eigenvalue weighted by Crippen LogP contribution is -2.40. The lowest BCUT2D eigenvalue weighted by molar-refractivity contribution is 0.157. The second-order valence-corrected chi connectivity index (χ2v) is 3.36. The van der Waals surface area contributed by atoms with Crippen LogP contribution in [0.4, 0.5) is 4.79 Å². The van der Waals surface area contributed by atoms with Crippen LogP contribution in [0.2, 0.25) is 0 Å². The quantitative estimate of drug-likeness (QED) is 0.680. The van der Waals surface area contributed by atoms with Gasteiger partial charge in [-0.3, -0.25) is 5.32 Å². The third-order valence-corrected chi connectivity index (χ3v) is 1.41. The molecule has 0 aromatic carbocycles. The van der Waals surface area contributed by atoms with E-state index in [4.69, 9.17) is 12.2 Å². The molecule has 0 bridgehead atoms. The predicted molar refractivity (Wildman–Crippen MR) is 55.6 cm³/mol. The van der Waals surface area contributed by atoms with Crippen molar-refractivity contribution in [1.82, 2.24) is 10.6 Å². The summed E-state index contributed by atoms with van der Waals surface area (Å²) in [4.78, 5) is 10.8. The molecule has 0 saturated heterocycles. The monoisotopic (exact) mass is 204 g/mol. The number of hydrogen-bond donors (Lipinski definition) is 2. The number of alkyl carbamates (subject to hydrolysis) is 1. The Morgan fingerprint density at radius 1 is 1.54 bits per heavy atom. The minimum absolute atomic E-state index is 0.312. The number of nitrogens with one attached hydrogen (secondary N) is 2. The highest BCUT2D eigenvalue weighted by Gasteiger charge is 2.03. The third-order valence-electron chi connectivity index (χ3n) is 1.16. The molecular weight excluding hydrogens is 188 g/mol. The van der Waals surface area contributed by atoms with E-state index in [1.54, 1.807) is 6.92 Å². The van der Waals surface area contributed by atoms with E-state index in [2.05, 4.69) is 29.2 Å². The first-order chi connectivity index (χ1) is 6.06. The van der Waals surface area contributed by atoms with Gasteiger partial charge in [-0.15, -0.1) is 0 Å². The number of hydrogen-bond acceptors (Lipinski definition) is 3. The molecule has 4 nitrogen and oxygen atoms in total. The zero-order valence-electron chi connectivity index (χ0n) is 8.22. The lowest BCUT2D eigenvalue weighted by Gasteiger charge is -2.10. The van der Waals surface area contributed by atoms with E-state index in [0.29, 0.717) is 17.6 Å². The Bertz CT molecular complexity index is 183. The van der Waals surface area contributed by atoms with E-state index in [1.807, 2.05) is 0 Å². The Hall–Kier alpha value is -0.840. The molecule has 0 aliphatic heterocycles. The van der Waals surface area contributed by atoms with Crippen molar-refractivity contribution in [3.63, 3.8) is 0 Å². The van der Waals surface area contributed by atoms with Crippen molar-refractivity contribution < 1.29 is 9.53 Å². The molecule has 76 valence electrons. The molecular formula is C8H16N2O2S. The molecule has 0 rings (SSSR count). The number of carbonyl (C=O) groups is 1. The Kier molecular flexibility index (Phi) is 6.22. The molecule has 13 heavy (non-hydrogen) atoms. The van der Waals surface area contributed by atoms with Crippen LogP contribution in [-0.4, -0.2) is 24.4 Å². The Balaban J connectivity index is 3.56. The van der Waals surface area contributed by atoms with Crippen molar-refractivity contribution in [1.29, 1.82) is 0 Å². The highest BCUT2D eigenvalue weighted by Crippen LogP contribution is 1.86. The SMILES string of the molecule is CCOC(=O)NC(=S)NCC(C)C. The predicted octanol–water partition coefficient (Wildman–Crippen LogP) is 1.26. The molecule has 0 aromatic rings. The molecule has 5 heteroatoms. The fourth-order valence-corrected chi connectivity index (χ4v) is 0.768. The summed E-state index contributed by atoms with van der Waals surface area (Å²) in [5, 5.41) is 5.60. The molecule has 0 unspecified atom stereocenters. The van der Waals surface area contributed by atoms with Crippen LogP contribution in [0.25, 0.3) is 0 Å². The van der Waals surface area contributed by atoms with Crippen LogP contribution in [0.1, 0.15) is 20.8 Å². The van der Waals surface area contributed by atoms with E-state index in [9.17, 15) is 4.79 Å². The molecule has 0 atom stereocenters. The maximum atomic E-state index is 10.8. The molecule has 0 aromatic heterocycles. The van der Waals surface area contributed by atoms with Gasteiger partial charge >= 0.3 is 6.09 Å². The average molecular weight is 204 g/mol. The molecule has 1 amide bonds. The second kappa shape index (κ2) is 6.65. The number of amides is 1. The zero-order valence-corrected chi connectivity index (χ0v) is 9.03. The molecule has 0 heterocycles. The molecule has 0 aliphatic rings. The molecule has 0 aliphatic carbocycles. The van der Waals surface area contributed by atoms with Gasteiger partial charge in [-0.2, -0.15) is 0 Å². The highest BCUT2D eigenvalue weighted by molar-refractivity contribution is 7.80. The van der Waals surface area contributed by atoms with Crippen LogP contribution in [0.15, 0.2) is 0 Å². The van der Waals surface area contributed by atoms with Crippen LogP contribution in [0.5, 0.6) is 0 Å². The van der Waals surface area contributed by atoms with E-state index in [1.165, 1.54) is 0 Å². The van der Waals surface area contributed by atoms with Gasteiger partial charge in [0, 0.05) is 6.54 Å². The summed E-state index contributed by atoms with van der Waals surface area (Å²) in [5.74, 6) is 0.488. The van der Waals surface area contributed by atoms with Gasteiger partial charge in [-0.1, -0.05) is 13.8 Å². The van der Waals surface area contributed by atoms with E-state index >= 15 is 0 Å². The van der Waals surface area contributed by atoms with Gasteiger partial charge in [-0.25, -0.2) is 4.79 Å². The summed E-state index contributed by atoms with van der Waals surface area (Å²) in [7, 11) is 0. The van der Waals surface area contributed by atoms with Gasteiger partial charge in [0.25, 0.3) is 0 Å². The van der Waals surface area contributed by atoms with Crippen molar-refractivity contribution in [2.75, 3.05) is 13.2 Å². The normalized spacial score (nSPS) is 9.54. The maximum Gasteiger partial charge on any atom is 0.413 e. The van der Waals surface area contributed by atoms with Crippen molar-refractivity contribution in [2.24, 2.45) is 5.92 Å². The van der Waals surface area contributed by atoms with Crippen LogP contribution < -0.4 is 10.6 Å². The number of thiocarbonyl (C=S) groups is 1. The lowest BCUT2D eigenvalue weighted by atomic mass is 10.2. The number of ether oxygens (including phenoxy) is 1. The summed E-state index contributed by atoms with van der Waals surface area (Å²) >= 11 is 4.84. The Labute approximate surface area is 84.0 Å². The fourth-order valence-electron chi connectivity index (χ4n) is 0.601. The first kappa shape index (κ1) is 12.2. The van der Waals surface area contributed by atoms with Gasteiger partial charge < -0.3 is 10.1 Å². The first-order valence-corrected chi connectivity index (χ1v) is 4.68. The summed E-state index contributed by atoms with van der Waals surface area (Å²) < 4.78 is 4.64. The second-order valence-electron chi connectivity index (χ2n) is 2.95. The van der Waals surface area contributed by atoms with Gasteiger partial charge in [0.1, 0.15) is 0 Å². The molecule has 2 N–H and O–H groups in total. The molecule has 0 saturated carbocycles. The van der Waals surface area contributed by atoms with E-state index < -0.39 is 6.09 Å². The molecule has 0 fully saturated rings. The fraction of sp³-hybridized carbons (Fsp3) is 0.750. The minimum atomic E-state index is -0.510. The highest BCUT2D eigenvalue weighted by atomic mass is 32.1. The Morgan fingerprint density at radius 2 is 2.15 bits per heavy atom. The van der Waals surface area contributed by atoms with Crippen LogP contribution in [0.3, 0.4) is 0 Å². The summed E-state index contributed by atoms with van der Waals surface area (Å²) in [6.45, 7) is 6.94. The van der Waals surface area contributed by atoms with Crippen molar-refractivity contribution in [2.45, 2.75) is 20.8 Å². The molecule has 0 spiro atoms. The third kappa shape index (κ3) is 7.52. The van der Waals surface area contributed by atoms with Crippen LogP contribution in [0, 0.1) is 5.92 Å². The van der Waals surface area contributed by atoms with Gasteiger partial charge in [0.15, 0.2) is 5.11 Å². The Morgan fingerprint density at radius 3 is 2.62 bits per heavy atom. The minimum Gasteiger partial charge on any atom is -0.450 e. The maximum absolute atomic E-state index is 10.8. The number of carbonyl (C=O) groups excluding carboxylic acids is 1. The van der Waals surface area contributed by atoms with Crippen molar-refractivity contribution in [3.05, 3.63) is 0 Å². The van der Waals surface area contributed by atoms with E-state index in [-0.39, 0.29) is 0 Å². The standard InChI is InChI=1S/C8H16N2O2S/c1-4-12-8(11)10-7(13)9-5-6(2)3/h6H,4-5H2,1-3H3,(H2,9,10,11,13). The molecule has 0 radical (unpaired) electrons. The summed E-state index contributed by atoms with van der Waals surface area (Å²) in [6, 6.07) is 0. The summed E-state index contributed by atoms with van der Waals surface area (Å²) in [5.41, 5.74) is 0.